The van der Waals surface area contributed by atoms with E-state index < -0.39 is 30.6 Å². The van der Waals surface area contributed by atoms with Crippen molar-refractivity contribution < 1.29 is 41.0 Å². The molecule has 1 atom stereocenters. The first-order chi connectivity index (χ1) is 12.4. The van der Waals surface area contributed by atoms with Crippen LogP contribution < -0.4 is 9.80 Å². The maximum atomic E-state index is 13.2. The third-order valence-electron chi connectivity index (χ3n) is 3.42. The van der Waals surface area contributed by atoms with E-state index in [0.29, 0.717) is 6.92 Å². The molecule has 0 spiro atoms. The minimum atomic E-state index is -5.07. The molecule has 2 aromatic rings. The van der Waals surface area contributed by atoms with Gasteiger partial charge in [0.25, 0.3) is 5.72 Å². The number of aliphatic hydroxyl groups is 1. The number of halogens is 6. The van der Waals surface area contributed by atoms with E-state index in [1.807, 2.05) is 0 Å². The number of hydroxylamine groups is 1. The molecule has 27 heavy (non-hydrogen) atoms. The van der Waals surface area contributed by atoms with E-state index in [2.05, 4.69) is 4.74 Å². The molecule has 0 saturated heterocycles. The number of para-hydroxylation sites is 1. The van der Waals surface area contributed by atoms with Gasteiger partial charge in [0, 0.05) is 0 Å². The normalized spacial score (nSPS) is 14.5. The van der Waals surface area contributed by atoms with Crippen molar-refractivity contribution in [2.24, 2.45) is 0 Å². The quantitative estimate of drug-likeness (QED) is 0.434. The summed E-state index contributed by atoms with van der Waals surface area (Å²) in [5.74, 6) is -0.544. The van der Waals surface area contributed by atoms with E-state index in [-0.39, 0.29) is 16.3 Å². The Hall–Kier alpha value is -2.46. The van der Waals surface area contributed by atoms with Gasteiger partial charge in [0.1, 0.15) is 12.4 Å². The van der Waals surface area contributed by atoms with E-state index in [1.54, 1.807) is 6.07 Å². The fraction of sp³-hybridized carbons (Fsp3) is 0.294. The zero-order valence-corrected chi connectivity index (χ0v) is 13.9. The molecule has 2 aromatic carbocycles. The number of alkyl halides is 6. The van der Waals surface area contributed by atoms with Crippen molar-refractivity contribution in [3.05, 3.63) is 60.2 Å². The van der Waals surface area contributed by atoms with Gasteiger partial charge in [0.2, 0.25) is 0 Å². The maximum absolute atomic E-state index is 13.2. The molecule has 2 rings (SSSR count). The van der Waals surface area contributed by atoms with E-state index in [4.69, 9.17) is 4.84 Å². The summed E-state index contributed by atoms with van der Waals surface area (Å²) in [6, 6.07) is 11.6. The molecule has 0 heterocycles. The lowest BCUT2D eigenvalue weighted by Crippen LogP contribution is -2.57. The van der Waals surface area contributed by atoms with Crippen LogP contribution in [0.3, 0.4) is 0 Å². The van der Waals surface area contributed by atoms with Crippen LogP contribution in [0.15, 0.2) is 54.6 Å². The highest BCUT2D eigenvalue weighted by Gasteiger charge is 2.55. The lowest BCUT2D eigenvalue weighted by atomic mass is 10.2. The summed E-state index contributed by atoms with van der Waals surface area (Å²) >= 11 is 0. The Kier molecular flexibility index (Phi) is 5.91. The molecule has 0 saturated carbocycles. The molecule has 0 aliphatic carbocycles. The van der Waals surface area contributed by atoms with Crippen LogP contribution in [0.2, 0.25) is 0 Å². The van der Waals surface area contributed by atoms with Crippen molar-refractivity contribution in [3.63, 3.8) is 0 Å². The van der Waals surface area contributed by atoms with Gasteiger partial charge < -0.3 is 9.84 Å². The third kappa shape index (κ3) is 5.51. The second kappa shape index (κ2) is 7.65. The number of benzene rings is 2. The lowest BCUT2D eigenvalue weighted by Gasteiger charge is -2.38. The topological polar surface area (TPSA) is 41.9 Å². The van der Waals surface area contributed by atoms with Crippen LogP contribution in [-0.2, 0) is 11.4 Å². The largest absolute Gasteiger partial charge is 0.573 e. The standard InChI is InChI=1S/C17H15F6NO3/c1-15(25,16(18,19)20)24(13-7-3-2-4-8-13)26-11-12-6-5-9-14(10-12)27-17(21,22)23/h2-10,25H,11H2,1H3. The Morgan fingerprint density at radius 3 is 2.11 bits per heavy atom. The van der Waals surface area contributed by atoms with Crippen LogP contribution in [0.5, 0.6) is 5.75 Å². The van der Waals surface area contributed by atoms with E-state index in [9.17, 15) is 31.4 Å². The number of hydrogen-bond donors (Lipinski definition) is 1. The maximum Gasteiger partial charge on any atom is 0.573 e. The number of anilines is 1. The predicted octanol–water partition coefficient (Wildman–Crippen LogP) is 4.79. The second-order valence-corrected chi connectivity index (χ2v) is 5.62. The molecule has 0 radical (unpaired) electrons. The van der Waals surface area contributed by atoms with Crippen molar-refractivity contribution in [1.29, 1.82) is 0 Å². The van der Waals surface area contributed by atoms with Crippen molar-refractivity contribution in [1.82, 2.24) is 0 Å². The molecule has 0 bridgehead atoms. The summed E-state index contributed by atoms with van der Waals surface area (Å²) in [4.78, 5) is 5.12. The van der Waals surface area contributed by atoms with Gasteiger partial charge in [0.05, 0.1) is 5.69 Å². The molecular weight excluding hydrogens is 380 g/mol. The van der Waals surface area contributed by atoms with Gasteiger partial charge in [-0.25, -0.2) is 5.06 Å². The minimum absolute atomic E-state index is 0.0949. The van der Waals surface area contributed by atoms with Crippen LogP contribution in [0.1, 0.15) is 12.5 Å². The molecule has 148 valence electrons. The summed E-state index contributed by atoms with van der Waals surface area (Å²) in [7, 11) is 0. The monoisotopic (exact) mass is 395 g/mol. The van der Waals surface area contributed by atoms with Gasteiger partial charge in [-0.1, -0.05) is 30.3 Å². The number of ether oxygens (including phenoxy) is 1. The fourth-order valence-corrected chi connectivity index (χ4v) is 2.10. The van der Waals surface area contributed by atoms with E-state index >= 15 is 0 Å². The number of rotatable bonds is 6. The van der Waals surface area contributed by atoms with Crippen molar-refractivity contribution in [2.45, 2.75) is 31.8 Å². The summed E-state index contributed by atoms with van der Waals surface area (Å²) in [5, 5.41) is 10.2. The Labute approximate surface area is 150 Å². The summed E-state index contributed by atoms with van der Waals surface area (Å²) < 4.78 is 80.3. The van der Waals surface area contributed by atoms with Gasteiger partial charge >= 0.3 is 12.5 Å². The molecule has 4 nitrogen and oxygen atoms in total. The average Bonchev–Trinajstić information content (AvgIpc) is 2.53. The van der Waals surface area contributed by atoms with Crippen LogP contribution in [0.4, 0.5) is 32.0 Å². The fourth-order valence-electron chi connectivity index (χ4n) is 2.10. The van der Waals surface area contributed by atoms with Gasteiger partial charge in [-0.2, -0.15) is 13.2 Å². The lowest BCUT2D eigenvalue weighted by molar-refractivity contribution is -0.277. The Bertz CT molecular complexity index is 746. The van der Waals surface area contributed by atoms with Gasteiger partial charge in [-0.05, 0) is 36.8 Å². The first-order valence-electron chi connectivity index (χ1n) is 7.52. The van der Waals surface area contributed by atoms with Crippen LogP contribution in [0.25, 0.3) is 0 Å². The first kappa shape index (κ1) is 20.8. The molecule has 0 aromatic heterocycles. The highest BCUT2D eigenvalue weighted by atomic mass is 19.4. The summed E-state index contributed by atoms with van der Waals surface area (Å²) in [6.07, 6.45) is -9.97. The zero-order chi connectivity index (χ0) is 20.3. The Morgan fingerprint density at radius 1 is 0.926 bits per heavy atom. The van der Waals surface area contributed by atoms with E-state index in [0.717, 1.165) is 12.1 Å². The number of hydrogen-bond acceptors (Lipinski definition) is 4. The van der Waals surface area contributed by atoms with Gasteiger partial charge in [0.15, 0.2) is 0 Å². The summed E-state index contributed by atoms with van der Waals surface area (Å²) in [6.45, 7) is -0.0423. The molecule has 0 fully saturated rings. The smallest absolute Gasteiger partial charge is 0.406 e. The van der Waals surface area contributed by atoms with Gasteiger partial charge in [-0.3, -0.25) is 4.84 Å². The van der Waals surface area contributed by atoms with Crippen molar-refractivity contribution in [2.75, 3.05) is 5.06 Å². The Balaban J connectivity index is 2.24. The average molecular weight is 395 g/mol. The van der Waals surface area contributed by atoms with Crippen molar-refractivity contribution in [3.8, 4) is 5.75 Å². The first-order valence-corrected chi connectivity index (χ1v) is 7.52. The van der Waals surface area contributed by atoms with E-state index in [1.165, 1.54) is 36.4 Å². The van der Waals surface area contributed by atoms with Crippen LogP contribution in [0, 0.1) is 0 Å². The Morgan fingerprint density at radius 2 is 1.56 bits per heavy atom. The van der Waals surface area contributed by atoms with Gasteiger partial charge in [-0.15, -0.1) is 13.2 Å². The number of nitrogens with zero attached hydrogens (tertiary/aromatic N) is 1. The molecule has 1 unspecified atom stereocenters. The highest BCUT2D eigenvalue weighted by molar-refractivity contribution is 5.45. The molecule has 1 N–H and O–H groups in total. The summed E-state index contributed by atoms with van der Waals surface area (Å²) in [5.41, 5.74) is -3.37. The zero-order valence-electron chi connectivity index (χ0n) is 13.9. The molecule has 0 amide bonds. The third-order valence-corrected chi connectivity index (χ3v) is 3.42. The highest BCUT2D eigenvalue weighted by Crippen LogP contribution is 2.36. The minimum Gasteiger partial charge on any atom is -0.406 e. The molecule has 10 heteroatoms. The SMILES string of the molecule is CC(O)(N(OCc1cccc(OC(F)(F)F)c1)c1ccccc1)C(F)(F)F. The second-order valence-electron chi connectivity index (χ2n) is 5.62. The van der Waals surface area contributed by atoms with Crippen LogP contribution >= 0.6 is 0 Å². The van der Waals surface area contributed by atoms with Crippen LogP contribution in [-0.4, -0.2) is 23.4 Å². The predicted molar refractivity (Wildman–Crippen MR) is 83.5 cm³/mol. The molecule has 0 aliphatic rings. The molecule has 0 aliphatic heterocycles. The van der Waals surface area contributed by atoms with Crippen molar-refractivity contribution >= 4 is 5.69 Å². The molecular formula is C17H15F6NO3.